The summed E-state index contributed by atoms with van der Waals surface area (Å²) in [5.41, 5.74) is 1.12. The van der Waals surface area contributed by atoms with Crippen LogP contribution in [0.25, 0.3) is 10.9 Å². The minimum atomic E-state index is -0.661. The maximum atomic E-state index is 12.8. The zero-order valence-corrected chi connectivity index (χ0v) is 18.0. The van der Waals surface area contributed by atoms with Crippen LogP contribution in [-0.2, 0) is 22.5 Å². The van der Waals surface area contributed by atoms with E-state index in [0.29, 0.717) is 47.8 Å². The molecule has 1 amide bonds. The van der Waals surface area contributed by atoms with Crippen LogP contribution in [0.4, 0.5) is 5.69 Å². The Balaban J connectivity index is 1.26. The predicted molar refractivity (Wildman–Crippen MR) is 120 cm³/mol. The second kappa shape index (κ2) is 8.93. The summed E-state index contributed by atoms with van der Waals surface area (Å²) in [7, 11) is 0. The first-order valence-corrected chi connectivity index (χ1v) is 11.0. The molecule has 0 bridgehead atoms. The number of nitrogens with one attached hydrogen (secondary N) is 1. The summed E-state index contributed by atoms with van der Waals surface area (Å²) in [6.45, 7) is 1.14. The van der Waals surface area contributed by atoms with Crippen LogP contribution in [0.1, 0.15) is 35.4 Å². The van der Waals surface area contributed by atoms with Gasteiger partial charge in [0.15, 0.2) is 18.1 Å². The number of ether oxygens (including phenoxy) is 3. The third-order valence-corrected chi connectivity index (χ3v) is 5.71. The average Bonchev–Trinajstić information content (AvgIpc) is 3.08. The van der Waals surface area contributed by atoms with Crippen molar-refractivity contribution in [2.24, 2.45) is 0 Å². The van der Waals surface area contributed by atoms with Crippen molar-refractivity contribution >= 4 is 28.5 Å². The van der Waals surface area contributed by atoms with Gasteiger partial charge in [0.1, 0.15) is 19.0 Å². The number of esters is 1. The molecule has 3 heterocycles. The van der Waals surface area contributed by atoms with E-state index >= 15 is 0 Å². The first-order valence-electron chi connectivity index (χ1n) is 11.0. The lowest BCUT2D eigenvalue weighted by atomic mass is 10.1. The highest BCUT2D eigenvalue weighted by molar-refractivity contribution is 5.97. The molecular weight excluding hydrogens is 426 g/mol. The summed E-state index contributed by atoms with van der Waals surface area (Å²) in [6, 6.07) is 9.71. The van der Waals surface area contributed by atoms with Crippen molar-refractivity contribution in [3.05, 3.63) is 58.1 Å². The summed E-state index contributed by atoms with van der Waals surface area (Å²) in [5, 5.41) is 3.13. The minimum Gasteiger partial charge on any atom is -0.486 e. The lowest BCUT2D eigenvalue weighted by molar-refractivity contribution is -0.119. The first kappa shape index (κ1) is 21.0. The van der Waals surface area contributed by atoms with Crippen LogP contribution < -0.4 is 20.3 Å². The van der Waals surface area contributed by atoms with Crippen LogP contribution in [0.15, 0.2) is 41.2 Å². The fourth-order valence-corrected chi connectivity index (χ4v) is 4.08. The van der Waals surface area contributed by atoms with Crippen molar-refractivity contribution in [1.29, 1.82) is 0 Å². The Morgan fingerprint density at radius 2 is 1.88 bits per heavy atom. The number of fused-ring (bicyclic) bond motifs is 3. The number of aromatic nitrogens is 2. The highest BCUT2D eigenvalue weighted by Gasteiger charge is 2.17. The van der Waals surface area contributed by atoms with Crippen molar-refractivity contribution in [2.45, 2.75) is 32.2 Å². The molecule has 0 saturated carbocycles. The number of nitrogens with zero attached hydrogens (tertiary/aromatic N) is 2. The van der Waals surface area contributed by atoms with Crippen molar-refractivity contribution in [2.75, 3.05) is 25.1 Å². The van der Waals surface area contributed by atoms with E-state index in [1.54, 1.807) is 34.9 Å². The van der Waals surface area contributed by atoms with Gasteiger partial charge >= 0.3 is 5.97 Å². The van der Waals surface area contributed by atoms with Gasteiger partial charge in [-0.3, -0.25) is 14.2 Å². The predicted octanol–water partition coefficient (Wildman–Crippen LogP) is 2.69. The Hall–Kier alpha value is -3.88. The van der Waals surface area contributed by atoms with E-state index in [-0.39, 0.29) is 11.1 Å². The van der Waals surface area contributed by atoms with Gasteiger partial charge in [-0.15, -0.1) is 0 Å². The monoisotopic (exact) mass is 449 g/mol. The number of hydrogen-bond acceptors (Lipinski definition) is 7. The van der Waals surface area contributed by atoms with Crippen molar-refractivity contribution in [3.63, 3.8) is 0 Å². The lowest BCUT2D eigenvalue weighted by Gasteiger charge is -2.19. The number of amides is 1. The van der Waals surface area contributed by atoms with Gasteiger partial charge < -0.3 is 19.5 Å². The highest BCUT2D eigenvalue weighted by Crippen LogP contribution is 2.32. The number of hydrogen-bond donors (Lipinski definition) is 1. The number of carbonyl (C=O) groups is 2. The van der Waals surface area contributed by atoms with Crippen LogP contribution in [0.2, 0.25) is 0 Å². The second-order valence-corrected chi connectivity index (χ2v) is 8.01. The van der Waals surface area contributed by atoms with E-state index in [2.05, 4.69) is 10.3 Å². The van der Waals surface area contributed by atoms with Crippen LogP contribution in [0, 0.1) is 0 Å². The SMILES string of the molecule is O=C(COC(=O)c1ccc2c(=O)n3c(nc2c1)CCCCC3)Nc1ccc2c(c1)OCCO2. The molecule has 1 N–H and O–H groups in total. The van der Waals surface area contributed by atoms with Gasteiger partial charge in [0, 0.05) is 24.7 Å². The molecule has 33 heavy (non-hydrogen) atoms. The van der Waals surface area contributed by atoms with E-state index < -0.39 is 18.5 Å². The highest BCUT2D eigenvalue weighted by atomic mass is 16.6. The first-order chi connectivity index (χ1) is 16.1. The molecule has 3 aromatic rings. The summed E-state index contributed by atoms with van der Waals surface area (Å²) < 4.78 is 17.8. The molecule has 0 fully saturated rings. The quantitative estimate of drug-likeness (QED) is 0.610. The van der Waals surface area contributed by atoms with Gasteiger partial charge in [-0.25, -0.2) is 9.78 Å². The summed E-state index contributed by atoms with van der Waals surface area (Å²) in [4.78, 5) is 42.2. The molecule has 0 radical (unpaired) electrons. The van der Waals surface area contributed by atoms with Gasteiger partial charge in [-0.05, 0) is 43.2 Å². The topological polar surface area (TPSA) is 109 Å². The standard InChI is InChI=1S/C24H23N3O6/c28-22(25-16-6-8-19-20(13-16)32-11-10-31-19)14-33-24(30)15-5-7-17-18(12-15)26-21-4-2-1-3-9-27(21)23(17)29/h5-8,12-13H,1-4,9-11,14H2,(H,25,28). The molecule has 2 aliphatic rings. The maximum Gasteiger partial charge on any atom is 0.338 e. The van der Waals surface area contributed by atoms with Gasteiger partial charge in [0.2, 0.25) is 0 Å². The maximum absolute atomic E-state index is 12.8. The van der Waals surface area contributed by atoms with Crippen LogP contribution in [-0.4, -0.2) is 41.2 Å². The third kappa shape index (κ3) is 4.39. The van der Waals surface area contributed by atoms with E-state index in [4.69, 9.17) is 14.2 Å². The third-order valence-electron chi connectivity index (χ3n) is 5.71. The Kier molecular flexibility index (Phi) is 5.68. The number of carbonyl (C=O) groups excluding carboxylic acids is 2. The molecule has 170 valence electrons. The molecule has 0 saturated heterocycles. The second-order valence-electron chi connectivity index (χ2n) is 8.01. The average molecular weight is 449 g/mol. The molecule has 9 heteroatoms. The summed E-state index contributed by atoms with van der Waals surface area (Å²) in [6.07, 6.45) is 3.74. The van der Waals surface area contributed by atoms with E-state index in [0.717, 1.165) is 31.5 Å². The molecular formula is C24H23N3O6. The van der Waals surface area contributed by atoms with E-state index in [9.17, 15) is 14.4 Å². The summed E-state index contributed by atoms with van der Waals surface area (Å²) in [5.74, 6) is 0.767. The lowest BCUT2D eigenvalue weighted by Crippen LogP contribution is -2.25. The molecule has 0 aliphatic carbocycles. The van der Waals surface area contributed by atoms with Gasteiger partial charge in [0.25, 0.3) is 11.5 Å². The Morgan fingerprint density at radius 1 is 1.03 bits per heavy atom. The number of rotatable bonds is 4. The summed E-state index contributed by atoms with van der Waals surface area (Å²) >= 11 is 0. The zero-order chi connectivity index (χ0) is 22.8. The molecule has 2 aromatic carbocycles. The molecule has 0 atom stereocenters. The van der Waals surface area contributed by atoms with E-state index in [1.807, 2.05) is 0 Å². The van der Waals surface area contributed by atoms with Gasteiger partial charge in [0.05, 0.1) is 16.5 Å². The number of aryl methyl sites for hydroxylation is 1. The smallest absolute Gasteiger partial charge is 0.338 e. The largest absolute Gasteiger partial charge is 0.486 e. The fourth-order valence-electron chi connectivity index (χ4n) is 4.08. The van der Waals surface area contributed by atoms with Crippen molar-refractivity contribution in [1.82, 2.24) is 9.55 Å². The Morgan fingerprint density at radius 3 is 2.76 bits per heavy atom. The molecule has 2 aliphatic heterocycles. The fraction of sp³-hybridized carbons (Fsp3) is 0.333. The van der Waals surface area contributed by atoms with Gasteiger partial charge in [-0.2, -0.15) is 0 Å². The minimum absolute atomic E-state index is 0.0874. The molecule has 9 nitrogen and oxygen atoms in total. The zero-order valence-electron chi connectivity index (χ0n) is 18.0. The van der Waals surface area contributed by atoms with Crippen molar-refractivity contribution < 1.29 is 23.8 Å². The Bertz CT molecular complexity index is 1300. The van der Waals surface area contributed by atoms with Crippen LogP contribution in [0.3, 0.4) is 0 Å². The molecule has 0 spiro atoms. The normalized spacial score (nSPS) is 14.8. The van der Waals surface area contributed by atoms with Crippen LogP contribution >= 0.6 is 0 Å². The number of benzene rings is 2. The van der Waals surface area contributed by atoms with Crippen molar-refractivity contribution in [3.8, 4) is 11.5 Å². The van der Waals surface area contributed by atoms with Gasteiger partial charge in [-0.1, -0.05) is 6.42 Å². The molecule has 5 rings (SSSR count). The Labute approximate surface area is 189 Å². The number of anilines is 1. The van der Waals surface area contributed by atoms with Crippen LogP contribution in [0.5, 0.6) is 11.5 Å². The molecule has 0 unspecified atom stereocenters. The molecule has 1 aromatic heterocycles. The van der Waals surface area contributed by atoms with E-state index in [1.165, 1.54) is 6.07 Å².